The Labute approximate surface area is 110 Å². The number of hydrogen-bond donors (Lipinski definition) is 1. The molecular weight excluding hydrogens is 250 g/mol. The highest BCUT2D eigenvalue weighted by atomic mass is 32.2. The molecule has 0 unspecified atom stereocenters. The van der Waals surface area contributed by atoms with E-state index >= 15 is 0 Å². The van der Waals surface area contributed by atoms with Crippen LogP contribution < -0.4 is 4.72 Å². The minimum atomic E-state index is -3.38. The maximum atomic E-state index is 11.1. The first-order valence-electron chi connectivity index (χ1n) is 6.33. The molecule has 102 valence electrons. The molecule has 0 rings (SSSR count). The first-order valence-corrected chi connectivity index (χ1v) is 7.99. The van der Waals surface area contributed by atoms with Gasteiger partial charge in [-0.2, -0.15) is 10.5 Å². The van der Waals surface area contributed by atoms with Crippen LogP contribution >= 0.6 is 0 Å². The summed E-state index contributed by atoms with van der Waals surface area (Å²) in [5, 5.41) is 16.6. The largest absolute Gasteiger partial charge is 0.225 e. The fraction of sp³-hybridized carbons (Fsp3) is 0.833. The summed E-state index contributed by atoms with van der Waals surface area (Å²) in [6.45, 7) is 0.415. The van der Waals surface area contributed by atoms with Crippen LogP contribution in [0, 0.1) is 22.7 Å². The van der Waals surface area contributed by atoms with Crippen molar-refractivity contribution >= 4 is 10.0 Å². The molecule has 0 saturated carbocycles. The zero-order valence-electron chi connectivity index (χ0n) is 10.7. The highest BCUT2D eigenvalue weighted by molar-refractivity contribution is 7.89. The van der Waals surface area contributed by atoms with Gasteiger partial charge in [-0.05, 0) is 12.8 Å². The third-order valence-corrected chi connectivity index (χ3v) is 3.69. The van der Waals surface area contributed by atoms with Gasteiger partial charge in [0.25, 0.3) is 0 Å². The third-order valence-electron chi connectivity index (χ3n) is 2.54. The molecule has 0 aromatic carbocycles. The van der Waals surface area contributed by atoms with Crippen LogP contribution in [0.25, 0.3) is 0 Å². The summed E-state index contributed by atoms with van der Waals surface area (Å²) in [6, 6.07) is 3.74. The van der Waals surface area contributed by atoms with Crippen molar-refractivity contribution in [3.8, 4) is 12.1 Å². The van der Waals surface area contributed by atoms with E-state index < -0.39 is 15.8 Å². The molecule has 0 heterocycles. The Bertz CT molecular complexity index is 379. The average Bonchev–Trinajstić information content (AvgIpc) is 2.31. The standard InChI is InChI=1S/C12H21N3O2S/c13-9-7-5-3-1-2-4-6-8-11-15-18(16,17)12-10-14/h15H,1-8,11-12H2. The molecule has 0 spiro atoms. The number of nitrogens with zero attached hydrogens (tertiary/aromatic N) is 2. The Morgan fingerprint density at radius 1 is 0.833 bits per heavy atom. The normalized spacial score (nSPS) is 10.8. The second-order valence-corrected chi connectivity index (χ2v) is 6.00. The number of rotatable bonds is 11. The van der Waals surface area contributed by atoms with E-state index in [0.29, 0.717) is 13.0 Å². The molecule has 18 heavy (non-hydrogen) atoms. The van der Waals surface area contributed by atoms with Crippen LogP contribution in [0.15, 0.2) is 0 Å². The first-order chi connectivity index (χ1) is 8.62. The fourth-order valence-corrected chi connectivity index (χ4v) is 2.30. The van der Waals surface area contributed by atoms with Crippen molar-refractivity contribution in [1.82, 2.24) is 4.72 Å². The Morgan fingerprint density at radius 2 is 1.39 bits per heavy atom. The quantitative estimate of drug-likeness (QED) is 0.582. The summed E-state index contributed by atoms with van der Waals surface area (Å²) >= 11 is 0. The van der Waals surface area contributed by atoms with Crippen LogP contribution in [0.5, 0.6) is 0 Å². The highest BCUT2D eigenvalue weighted by Crippen LogP contribution is 2.07. The number of hydrogen-bond acceptors (Lipinski definition) is 4. The van der Waals surface area contributed by atoms with Gasteiger partial charge in [-0.15, -0.1) is 0 Å². The van der Waals surface area contributed by atoms with Gasteiger partial charge in [0.15, 0.2) is 5.75 Å². The van der Waals surface area contributed by atoms with Crippen LogP contribution in [0.4, 0.5) is 0 Å². The molecule has 0 saturated heterocycles. The molecule has 0 bridgehead atoms. The lowest BCUT2D eigenvalue weighted by atomic mass is 10.1. The maximum absolute atomic E-state index is 11.1. The van der Waals surface area contributed by atoms with Crippen LogP contribution in [0.1, 0.15) is 51.4 Å². The van der Waals surface area contributed by atoms with Gasteiger partial charge in [-0.1, -0.05) is 32.1 Å². The SMILES string of the molecule is N#CCCCCCCCCCNS(=O)(=O)CC#N. The van der Waals surface area contributed by atoms with E-state index in [1.165, 1.54) is 0 Å². The van der Waals surface area contributed by atoms with Gasteiger partial charge < -0.3 is 0 Å². The molecule has 0 aromatic heterocycles. The zero-order valence-corrected chi connectivity index (χ0v) is 11.5. The van der Waals surface area contributed by atoms with Crippen molar-refractivity contribution in [2.24, 2.45) is 0 Å². The summed E-state index contributed by atoms with van der Waals surface area (Å²) in [4.78, 5) is 0. The number of sulfonamides is 1. The van der Waals surface area contributed by atoms with Crippen molar-refractivity contribution in [1.29, 1.82) is 10.5 Å². The Morgan fingerprint density at radius 3 is 1.94 bits per heavy atom. The predicted octanol–water partition coefficient (Wildman–Crippen LogP) is 2.07. The van der Waals surface area contributed by atoms with Gasteiger partial charge in [-0.25, -0.2) is 13.1 Å². The Balaban J connectivity index is 3.27. The third kappa shape index (κ3) is 11.4. The second kappa shape index (κ2) is 11.0. The van der Waals surface area contributed by atoms with Crippen molar-refractivity contribution in [3.63, 3.8) is 0 Å². The molecule has 0 aliphatic heterocycles. The van der Waals surface area contributed by atoms with Crippen LogP contribution in [-0.4, -0.2) is 20.7 Å². The van der Waals surface area contributed by atoms with E-state index in [1.54, 1.807) is 6.07 Å². The number of nitrogens with one attached hydrogen (secondary N) is 1. The topological polar surface area (TPSA) is 93.8 Å². The lowest BCUT2D eigenvalue weighted by Crippen LogP contribution is -2.26. The van der Waals surface area contributed by atoms with Crippen molar-refractivity contribution in [2.45, 2.75) is 51.4 Å². The summed E-state index contributed by atoms with van der Waals surface area (Å²) in [6.07, 6.45) is 7.88. The van der Waals surface area contributed by atoms with E-state index in [0.717, 1.165) is 44.9 Å². The van der Waals surface area contributed by atoms with Gasteiger partial charge >= 0.3 is 0 Å². The van der Waals surface area contributed by atoms with E-state index in [4.69, 9.17) is 10.5 Å². The molecule has 0 aliphatic rings. The van der Waals surface area contributed by atoms with Crippen molar-refractivity contribution in [3.05, 3.63) is 0 Å². The van der Waals surface area contributed by atoms with E-state index in [9.17, 15) is 8.42 Å². The minimum absolute atomic E-state index is 0.415. The number of unbranched alkanes of at least 4 members (excludes halogenated alkanes) is 7. The van der Waals surface area contributed by atoms with Gasteiger partial charge in [0.05, 0.1) is 12.1 Å². The van der Waals surface area contributed by atoms with E-state index in [1.807, 2.05) is 0 Å². The van der Waals surface area contributed by atoms with Gasteiger partial charge in [0, 0.05) is 13.0 Å². The molecular formula is C12H21N3O2S. The Kier molecular flexibility index (Phi) is 10.3. The monoisotopic (exact) mass is 271 g/mol. The van der Waals surface area contributed by atoms with Crippen molar-refractivity contribution < 1.29 is 8.42 Å². The van der Waals surface area contributed by atoms with Crippen LogP contribution in [-0.2, 0) is 10.0 Å². The van der Waals surface area contributed by atoms with Gasteiger partial charge in [0.1, 0.15) is 0 Å². The molecule has 6 heteroatoms. The summed E-state index contributed by atoms with van der Waals surface area (Å²) in [5.41, 5.74) is 0. The molecule has 0 aromatic rings. The average molecular weight is 271 g/mol. The fourth-order valence-electron chi connectivity index (χ4n) is 1.58. The molecule has 5 nitrogen and oxygen atoms in total. The molecule has 0 atom stereocenters. The first kappa shape index (κ1) is 16.9. The summed E-state index contributed by atoms with van der Waals surface area (Å²) in [5.74, 6) is -0.466. The molecule has 1 N–H and O–H groups in total. The second-order valence-electron chi connectivity index (χ2n) is 4.19. The number of nitriles is 2. The van der Waals surface area contributed by atoms with Gasteiger partial charge in [-0.3, -0.25) is 0 Å². The highest BCUT2D eigenvalue weighted by Gasteiger charge is 2.07. The lowest BCUT2D eigenvalue weighted by Gasteiger charge is -2.03. The smallest absolute Gasteiger partial charge is 0.214 e. The molecule has 0 radical (unpaired) electrons. The molecule has 0 fully saturated rings. The lowest BCUT2D eigenvalue weighted by molar-refractivity contribution is 0.563. The van der Waals surface area contributed by atoms with E-state index in [-0.39, 0.29) is 0 Å². The minimum Gasteiger partial charge on any atom is -0.214 e. The molecule has 0 amide bonds. The Hall–Kier alpha value is -1.11. The zero-order chi connectivity index (χ0) is 13.7. The van der Waals surface area contributed by atoms with Crippen molar-refractivity contribution in [2.75, 3.05) is 12.3 Å². The van der Waals surface area contributed by atoms with Crippen LogP contribution in [0.3, 0.4) is 0 Å². The predicted molar refractivity (Wildman–Crippen MR) is 70.0 cm³/mol. The maximum Gasteiger partial charge on any atom is 0.225 e. The van der Waals surface area contributed by atoms with Crippen LogP contribution in [0.2, 0.25) is 0 Å². The van der Waals surface area contributed by atoms with E-state index in [2.05, 4.69) is 10.8 Å². The summed E-state index contributed by atoms with van der Waals surface area (Å²) in [7, 11) is -3.38. The van der Waals surface area contributed by atoms with Gasteiger partial charge in [0.2, 0.25) is 10.0 Å². The summed E-state index contributed by atoms with van der Waals surface area (Å²) < 4.78 is 24.6. The molecule has 0 aliphatic carbocycles.